The van der Waals surface area contributed by atoms with Crippen molar-refractivity contribution in [1.82, 2.24) is 10.7 Å². The van der Waals surface area contributed by atoms with Crippen molar-refractivity contribution in [2.45, 2.75) is 26.7 Å². The van der Waals surface area contributed by atoms with Gasteiger partial charge >= 0.3 is 0 Å². The summed E-state index contributed by atoms with van der Waals surface area (Å²) in [6, 6.07) is 3.56. The maximum atomic E-state index is 6.17. The van der Waals surface area contributed by atoms with Crippen molar-refractivity contribution in [3.8, 4) is 11.5 Å². The van der Waals surface area contributed by atoms with Crippen molar-refractivity contribution in [3.05, 3.63) is 22.7 Å². The van der Waals surface area contributed by atoms with Crippen molar-refractivity contribution in [3.63, 3.8) is 0 Å². The van der Waals surface area contributed by atoms with Crippen LogP contribution in [0.3, 0.4) is 0 Å². The highest BCUT2D eigenvalue weighted by Crippen LogP contribution is 2.35. The molecule has 0 heterocycles. The highest BCUT2D eigenvalue weighted by molar-refractivity contribution is 7.80. The second-order valence-corrected chi connectivity index (χ2v) is 5.26. The number of rotatable bonds is 8. The van der Waals surface area contributed by atoms with Crippen LogP contribution in [0.2, 0.25) is 5.02 Å². The first-order valence-electron chi connectivity index (χ1n) is 7.19. The van der Waals surface area contributed by atoms with E-state index in [0.29, 0.717) is 28.2 Å². The van der Waals surface area contributed by atoms with Gasteiger partial charge in [-0.25, -0.2) is 0 Å². The SMILES string of the molecule is CCCCNC(=S)N/N=C\c1cc(Cl)c(OC)c(OCC)c1. The van der Waals surface area contributed by atoms with Gasteiger partial charge in [0, 0.05) is 6.54 Å². The lowest BCUT2D eigenvalue weighted by atomic mass is 10.2. The summed E-state index contributed by atoms with van der Waals surface area (Å²) >= 11 is 11.3. The molecule has 0 unspecified atom stereocenters. The lowest BCUT2D eigenvalue weighted by molar-refractivity contribution is 0.311. The first kappa shape index (κ1) is 18.5. The quantitative estimate of drug-likeness (QED) is 0.328. The Hall–Kier alpha value is -1.53. The number of hydrogen-bond acceptors (Lipinski definition) is 4. The number of hydrogen-bond donors (Lipinski definition) is 2. The van der Waals surface area contributed by atoms with Gasteiger partial charge in [-0.1, -0.05) is 24.9 Å². The van der Waals surface area contributed by atoms with Gasteiger partial charge in [0.05, 0.1) is 25.0 Å². The summed E-state index contributed by atoms with van der Waals surface area (Å²) in [5.74, 6) is 1.10. The molecule has 0 aliphatic heterocycles. The van der Waals surface area contributed by atoms with E-state index in [2.05, 4.69) is 22.8 Å². The van der Waals surface area contributed by atoms with E-state index in [0.717, 1.165) is 24.9 Å². The minimum atomic E-state index is 0.471. The molecular weight excluding hydrogens is 322 g/mol. The molecule has 2 N–H and O–H groups in total. The van der Waals surface area contributed by atoms with E-state index in [-0.39, 0.29) is 0 Å². The molecule has 22 heavy (non-hydrogen) atoms. The van der Waals surface area contributed by atoms with Crippen molar-refractivity contribution < 1.29 is 9.47 Å². The molecule has 0 spiro atoms. The number of unbranched alkanes of at least 4 members (excludes halogenated alkanes) is 1. The summed E-state index contributed by atoms with van der Waals surface area (Å²) in [6.07, 6.45) is 3.81. The van der Waals surface area contributed by atoms with Crippen LogP contribution in [-0.4, -0.2) is 31.6 Å². The fourth-order valence-corrected chi connectivity index (χ4v) is 2.16. The molecule has 0 radical (unpaired) electrons. The molecular formula is C15H22ClN3O2S. The molecule has 0 aromatic heterocycles. The summed E-state index contributed by atoms with van der Waals surface area (Å²) in [7, 11) is 1.56. The highest BCUT2D eigenvalue weighted by Gasteiger charge is 2.10. The Morgan fingerprint density at radius 2 is 2.18 bits per heavy atom. The molecule has 0 saturated carbocycles. The predicted molar refractivity (Wildman–Crippen MR) is 95.4 cm³/mol. The average Bonchev–Trinajstić information content (AvgIpc) is 2.48. The molecule has 0 fully saturated rings. The zero-order valence-corrected chi connectivity index (χ0v) is 14.7. The van der Waals surface area contributed by atoms with Crippen LogP contribution >= 0.6 is 23.8 Å². The number of nitrogens with one attached hydrogen (secondary N) is 2. The van der Waals surface area contributed by atoms with Gasteiger partial charge in [-0.3, -0.25) is 5.43 Å². The molecule has 0 aliphatic rings. The number of ether oxygens (including phenoxy) is 2. The summed E-state index contributed by atoms with van der Waals surface area (Å²) in [4.78, 5) is 0. The van der Waals surface area contributed by atoms with E-state index < -0.39 is 0 Å². The third kappa shape index (κ3) is 6.07. The number of halogens is 1. The van der Waals surface area contributed by atoms with Gasteiger partial charge in [0.25, 0.3) is 0 Å². The fourth-order valence-electron chi connectivity index (χ4n) is 1.71. The third-order valence-electron chi connectivity index (χ3n) is 2.73. The monoisotopic (exact) mass is 343 g/mol. The Labute approximate surface area is 142 Å². The molecule has 7 heteroatoms. The molecule has 5 nitrogen and oxygen atoms in total. The van der Waals surface area contributed by atoms with Gasteiger partial charge in [0.1, 0.15) is 0 Å². The Kier molecular flexibility index (Phi) is 8.62. The fraction of sp³-hybridized carbons (Fsp3) is 0.467. The van der Waals surface area contributed by atoms with Crippen LogP contribution < -0.4 is 20.2 Å². The van der Waals surface area contributed by atoms with Crippen LogP contribution in [0.4, 0.5) is 0 Å². The van der Waals surface area contributed by atoms with E-state index in [9.17, 15) is 0 Å². The van der Waals surface area contributed by atoms with Crippen molar-refractivity contribution in [1.29, 1.82) is 0 Å². The largest absolute Gasteiger partial charge is 0.491 e. The second-order valence-electron chi connectivity index (χ2n) is 4.45. The van der Waals surface area contributed by atoms with Gasteiger partial charge in [0.2, 0.25) is 0 Å². The molecule has 0 saturated heterocycles. The van der Waals surface area contributed by atoms with Gasteiger partial charge in [0.15, 0.2) is 16.6 Å². The van der Waals surface area contributed by atoms with Crippen LogP contribution in [0.15, 0.2) is 17.2 Å². The number of benzene rings is 1. The number of thiocarbonyl (C=S) groups is 1. The Balaban J connectivity index is 2.68. The number of hydrazone groups is 1. The highest BCUT2D eigenvalue weighted by atomic mass is 35.5. The Bertz CT molecular complexity index is 524. The van der Waals surface area contributed by atoms with Crippen LogP contribution in [0.25, 0.3) is 0 Å². The van der Waals surface area contributed by atoms with E-state index >= 15 is 0 Å². The second kappa shape index (κ2) is 10.2. The van der Waals surface area contributed by atoms with E-state index in [1.54, 1.807) is 19.4 Å². The summed E-state index contributed by atoms with van der Waals surface area (Å²) < 4.78 is 10.7. The van der Waals surface area contributed by atoms with Crippen molar-refractivity contribution in [2.24, 2.45) is 5.10 Å². The number of nitrogens with zero attached hydrogens (tertiary/aromatic N) is 1. The van der Waals surface area contributed by atoms with Crippen LogP contribution in [0.5, 0.6) is 11.5 Å². The lowest BCUT2D eigenvalue weighted by Gasteiger charge is -2.11. The minimum Gasteiger partial charge on any atom is -0.491 e. The van der Waals surface area contributed by atoms with Crippen LogP contribution in [0.1, 0.15) is 32.3 Å². The van der Waals surface area contributed by atoms with Gasteiger partial charge < -0.3 is 14.8 Å². The summed E-state index contributed by atoms with van der Waals surface area (Å²) in [5.41, 5.74) is 3.55. The third-order valence-corrected chi connectivity index (χ3v) is 3.25. The normalized spacial score (nSPS) is 10.5. The Morgan fingerprint density at radius 1 is 1.41 bits per heavy atom. The van der Waals surface area contributed by atoms with E-state index in [1.807, 2.05) is 13.0 Å². The van der Waals surface area contributed by atoms with Crippen molar-refractivity contribution in [2.75, 3.05) is 20.3 Å². The van der Waals surface area contributed by atoms with Crippen molar-refractivity contribution >= 4 is 35.1 Å². The first-order chi connectivity index (χ1) is 10.6. The Morgan fingerprint density at radius 3 is 2.82 bits per heavy atom. The summed E-state index contributed by atoms with van der Waals surface area (Å²) in [6.45, 7) is 5.38. The maximum absolute atomic E-state index is 6.17. The molecule has 122 valence electrons. The minimum absolute atomic E-state index is 0.471. The average molecular weight is 344 g/mol. The molecule has 1 aromatic carbocycles. The summed E-state index contributed by atoms with van der Waals surface area (Å²) in [5, 5.41) is 8.12. The van der Waals surface area contributed by atoms with Crippen LogP contribution in [-0.2, 0) is 0 Å². The van der Waals surface area contributed by atoms with Gasteiger partial charge in [-0.15, -0.1) is 0 Å². The van der Waals surface area contributed by atoms with E-state index in [4.69, 9.17) is 33.3 Å². The standard InChI is InChI=1S/C15H22ClN3O2S/c1-4-6-7-17-15(22)19-18-10-11-8-12(16)14(20-3)13(9-11)21-5-2/h8-10H,4-7H2,1-3H3,(H2,17,19,22)/b18-10-. The molecule has 0 atom stereocenters. The zero-order chi connectivity index (χ0) is 16.4. The predicted octanol–water partition coefficient (Wildman–Crippen LogP) is 3.35. The van der Waals surface area contributed by atoms with Gasteiger partial charge in [-0.2, -0.15) is 5.10 Å². The maximum Gasteiger partial charge on any atom is 0.186 e. The smallest absolute Gasteiger partial charge is 0.186 e. The zero-order valence-electron chi connectivity index (χ0n) is 13.1. The molecule has 0 amide bonds. The lowest BCUT2D eigenvalue weighted by Crippen LogP contribution is -2.32. The first-order valence-corrected chi connectivity index (χ1v) is 7.98. The van der Waals surface area contributed by atoms with E-state index in [1.165, 1.54) is 0 Å². The topological polar surface area (TPSA) is 54.9 Å². The van der Waals surface area contributed by atoms with Crippen LogP contribution in [0, 0.1) is 0 Å². The molecule has 0 bridgehead atoms. The molecule has 0 aliphatic carbocycles. The molecule has 1 aromatic rings. The number of methoxy groups -OCH3 is 1. The molecule has 1 rings (SSSR count). The van der Waals surface area contributed by atoms with Gasteiger partial charge in [-0.05, 0) is 43.3 Å².